The number of benzene rings is 1. The second-order valence-electron chi connectivity index (χ2n) is 5.39. The third-order valence-corrected chi connectivity index (χ3v) is 3.91. The van der Waals surface area contributed by atoms with Crippen molar-refractivity contribution in [2.45, 2.75) is 12.6 Å². The molecule has 2 aromatic rings. The topological polar surface area (TPSA) is 51.4 Å². The van der Waals surface area contributed by atoms with E-state index in [1.165, 1.54) is 5.56 Å². The van der Waals surface area contributed by atoms with Crippen molar-refractivity contribution in [3.8, 4) is 0 Å². The molecule has 0 bridgehead atoms. The van der Waals surface area contributed by atoms with Crippen molar-refractivity contribution >= 4 is 0 Å². The van der Waals surface area contributed by atoms with E-state index in [2.05, 4.69) is 34.1 Å². The van der Waals surface area contributed by atoms with Gasteiger partial charge in [0.05, 0.1) is 19.3 Å². The van der Waals surface area contributed by atoms with Crippen LogP contribution in [0.1, 0.15) is 22.7 Å². The van der Waals surface area contributed by atoms with Gasteiger partial charge in [-0.05, 0) is 28.8 Å². The number of nitrogens with two attached hydrogens (primary N) is 1. The van der Waals surface area contributed by atoms with Gasteiger partial charge in [0.15, 0.2) is 0 Å². The predicted octanol–water partition coefficient (Wildman–Crippen LogP) is 1.96. The quantitative estimate of drug-likeness (QED) is 0.932. The van der Waals surface area contributed by atoms with Gasteiger partial charge in [-0.3, -0.25) is 9.88 Å². The van der Waals surface area contributed by atoms with Crippen molar-refractivity contribution < 1.29 is 4.74 Å². The van der Waals surface area contributed by atoms with E-state index in [9.17, 15) is 0 Å². The molecule has 110 valence electrons. The molecule has 1 fully saturated rings. The summed E-state index contributed by atoms with van der Waals surface area (Å²) in [6.07, 6.45) is 3.56. The molecule has 1 atom stereocenters. The molecule has 21 heavy (non-hydrogen) atoms. The van der Waals surface area contributed by atoms with Crippen LogP contribution in [0.15, 0.2) is 48.8 Å². The zero-order valence-electron chi connectivity index (χ0n) is 12.1. The smallest absolute Gasteiger partial charge is 0.0594 e. The maximum Gasteiger partial charge on any atom is 0.0594 e. The van der Waals surface area contributed by atoms with Crippen molar-refractivity contribution in [2.24, 2.45) is 5.73 Å². The molecular formula is C17H21N3O. The van der Waals surface area contributed by atoms with Crippen molar-refractivity contribution in [1.82, 2.24) is 9.88 Å². The molecule has 1 aromatic carbocycles. The largest absolute Gasteiger partial charge is 0.379 e. The van der Waals surface area contributed by atoms with E-state index < -0.39 is 0 Å². The highest BCUT2D eigenvalue weighted by molar-refractivity contribution is 5.32. The lowest BCUT2D eigenvalue weighted by molar-refractivity contribution is 0.0342. The van der Waals surface area contributed by atoms with Crippen LogP contribution in [0, 0.1) is 0 Å². The van der Waals surface area contributed by atoms with Crippen LogP contribution in [0.5, 0.6) is 0 Å². The molecule has 4 heteroatoms. The van der Waals surface area contributed by atoms with E-state index >= 15 is 0 Å². The molecule has 1 aromatic heterocycles. The summed E-state index contributed by atoms with van der Waals surface area (Å²) >= 11 is 0. The minimum Gasteiger partial charge on any atom is -0.379 e. The second kappa shape index (κ2) is 6.80. The van der Waals surface area contributed by atoms with E-state index in [4.69, 9.17) is 10.5 Å². The average Bonchev–Trinajstić information content (AvgIpc) is 2.57. The summed E-state index contributed by atoms with van der Waals surface area (Å²) in [5.41, 5.74) is 9.84. The zero-order valence-corrected chi connectivity index (χ0v) is 12.1. The van der Waals surface area contributed by atoms with Crippen LogP contribution in [-0.2, 0) is 11.3 Å². The number of pyridine rings is 1. The first kappa shape index (κ1) is 14.2. The first-order chi connectivity index (χ1) is 10.3. The van der Waals surface area contributed by atoms with Crippen LogP contribution in [-0.4, -0.2) is 36.2 Å². The highest BCUT2D eigenvalue weighted by Gasteiger charge is 2.12. The maximum atomic E-state index is 6.30. The lowest BCUT2D eigenvalue weighted by atomic mass is 9.99. The van der Waals surface area contributed by atoms with Gasteiger partial charge < -0.3 is 10.5 Å². The minimum absolute atomic E-state index is 0.0922. The Morgan fingerprint density at radius 2 is 1.62 bits per heavy atom. The van der Waals surface area contributed by atoms with Crippen molar-refractivity contribution in [1.29, 1.82) is 0 Å². The molecule has 0 spiro atoms. The Morgan fingerprint density at radius 3 is 2.29 bits per heavy atom. The summed E-state index contributed by atoms with van der Waals surface area (Å²) in [6.45, 7) is 4.68. The lowest BCUT2D eigenvalue weighted by Gasteiger charge is -2.26. The number of nitrogens with zero attached hydrogens (tertiary/aromatic N) is 2. The fraction of sp³-hybridized carbons (Fsp3) is 0.353. The summed E-state index contributed by atoms with van der Waals surface area (Å²) in [4.78, 5) is 6.45. The fourth-order valence-electron chi connectivity index (χ4n) is 2.61. The monoisotopic (exact) mass is 283 g/mol. The second-order valence-corrected chi connectivity index (χ2v) is 5.39. The molecule has 0 aliphatic carbocycles. The molecule has 1 saturated heterocycles. The fourth-order valence-corrected chi connectivity index (χ4v) is 2.61. The summed E-state index contributed by atoms with van der Waals surface area (Å²) in [5, 5.41) is 0. The van der Waals surface area contributed by atoms with Gasteiger partial charge >= 0.3 is 0 Å². The van der Waals surface area contributed by atoms with E-state index in [-0.39, 0.29) is 6.04 Å². The number of hydrogen-bond donors (Lipinski definition) is 1. The molecular weight excluding hydrogens is 262 g/mol. The average molecular weight is 283 g/mol. The van der Waals surface area contributed by atoms with Crippen molar-refractivity contribution in [2.75, 3.05) is 26.3 Å². The molecule has 1 aliphatic rings. The maximum absolute atomic E-state index is 6.30. The molecule has 0 amide bonds. The van der Waals surface area contributed by atoms with E-state index in [0.29, 0.717) is 0 Å². The van der Waals surface area contributed by atoms with Crippen LogP contribution in [0.4, 0.5) is 0 Å². The summed E-state index contributed by atoms with van der Waals surface area (Å²) < 4.78 is 5.37. The number of aromatic nitrogens is 1. The molecule has 4 nitrogen and oxygen atoms in total. The Balaban J connectivity index is 1.66. The highest BCUT2D eigenvalue weighted by Crippen LogP contribution is 2.19. The molecule has 1 aliphatic heterocycles. The van der Waals surface area contributed by atoms with Gasteiger partial charge in [0.1, 0.15) is 0 Å². The van der Waals surface area contributed by atoms with Gasteiger partial charge in [-0.15, -0.1) is 0 Å². The van der Waals surface area contributed by atoms with Gasteiger partial charge in [0, 0.05) is 32.0 Å². The Morgan fingerprint density at radius 1 is 1.00 bits per heavy atom. The van der Waals surface area contributed by atoms with Crippen LogP contribution < -0.4 is 5.73 Å². The number of rotatable bonds is 4. The molecule has 2 N–H and O–H groups in total. The summed E-state index contributed by atoms with van der Waals surface area (Å²) in [7, 11) is 0. The van der Waals surface area contributed by atoms with Crippen LogP contribution in [0.2, 0.25) is 0 Å². The van der Waals surface area contributed by atoms with Gasteiger partial charge in [-0.1, -0.05) is 24.3 Å². The van der Waals surface area contributed by atoms with Crippen LogP contribution in [0.3, 0.4) is 0 Å². The van der Waals surface area contributed by atoms with Gasteiger partial charge in [-0.2, -0.15) is 0 Å². The molecule has 3 rings (SSSR count). The number of hydrogen-bond acceptors (Lipinski definition) is 4. The lowest BCUT2D eigenvalue weighted by Crippen LogP contribution is -2.35. The Kier molecular flexibility index (Phi) is 4.60. The Hall–Kier alpha value is -1.75. The molecule has 1 unspecified atom stereocenters. The first-order valence-electron chi connectivity index (χ1n) is 7.37. The molecule has 2 heterocycles. The highest BCUT2D eigenvalue weighted by atomic mass is 16.5. The van der Waals surface area contributed by atoms with Gasteiger partial charge in [0.2, 0.25) is 0 Å². The van der Waals surface area contributed by atoms with Crippen LogP contribution >= 0.6 is 0 Å². The standard InChI is InChI=1S/C17H21N3O/c18-17(16-5-7-19-8-6-16)15-3-1-14(2-4-15)13-20-9-11-21-12-10-20/h1-8,17H,9-13,18H2. The summed E-state index contributed by atoms with van der Waals surface area (Å²) in [6, 6.07) is 12.4. The van der Waals surface area contributed by atoms with E-state index in [0.717, 1.165) is 44.0 Å². The third-order valence-electron chi connectivity index (χ3n) is 3.91. The van der Waals surface area contributed by atoms with Gasteiger partial charge in [-0.25, -0.2) is 0 Å². The zero-order chi connectivity index (χ0) is 14.5. The third kappa shape index (κ3) is 3.67. The van der Waals surface area contributed by atoms with E-state index in [1.54, 1.807) is 12.4 Å². The Bertz CT molecular complexity index is 550. The van der Waals surface area contributed by atoms with Crippen LogP contribution in [0.25, 0.3) is 0 Å². The number of ether oxygens (including phenoxy) is 1. The predicted molar refractivity (Wildman–Crippen MR) is 82.8 cm³/mol. The normalized spacial score (nSPS) is 17.6. The van der Waals surface area contributed by atoms with Crippen molar-refractivity contribution in [3.63, 3.8) is 0 Å². The van der Waals surface area contributed by atoms with E-state index in [1.807, 2.05) is 12.1 Å². The SMILES string of the molecule is NC(c1ccncc1)c1ccc(CN2CCOCC2)cc1. The van der Waals surface area contributed by atoms with Crippen molar-refractivity contribution in [3.05, 3.63) is 65.5 Å². The van der Waals surface area contributed by atoms with Gasteiger partial charge in [0.25, 0.3) is 0 Å². The number of morpholine rings is 1. The first-order valence-corrected chi connectivity index (χ1v) is 7.37. The Labute approximate surface area is 125 Å². The molecule has 0 radical (unpaired) electrons. The summed E-state index contributed by atoms with van der Waals surface area (Å²) in [5.74, 6) is 0. The molecule has 0 saturated carbocycles. The minimum atomic E-state index is -0.0922.